The highest BCUT2D eigenvalue weighted by Gasteiger charge is 2.19. The molecule has 4 rings (SSSR count). The van der Waals surface area contributed by atoms with Gasteiger partial charge in [0.15, 0.2) is 0 Å². The van der Waals surface area contributed by atoms with E-state index in [0.717, 1.165) is 61.4 Å². The lowest BCUT2D eigenvalue weighted by molar-refractivity contribution is 0.0342. The first kappa shape index (κ1) is 17.9. The molecule has 0 radical (unpaired) electrons. The van der Waals surface area contributed by atoms with E-state index in [0.29, 0.717) is 5.39 Å². The van der Waals surface area contributed by atoms with Crippen molar-refractivity contribution in [3.63, 3.8) is 0 Å². The fourth-order valence-corrected chi connectivity index (χ4v) is 3.89. The molecule has 1 saturated heterocycles. The van der Waals surface area contributed by atoms with E-state index in [1.54, 1.807) is 6.20 Å². The first-order valence-corrected chi connectivity index (χ1v) is 9.11. The second-order valence-electron chi connectivity index (χ2n) is 7.46. The maximum atomic E-state index is 12.9. The lowest BCUT2D eigenvalue weighted by atomic mass is 10.0. The highest BCUT2D eigenvalue weighted by Crippen LogP contribution is 2.28. The number of ether oxygens (including phenoxy) is 1. The Morgan fingerprint density at radius 2 is 1.89 bits per heavy atom. The van der Waals surface area contributed by atoms with Crippen LogP contribution in [0.1, 0.15) is 21.5 Å². The summed E-state index contributed by atoms with van der Waals surface area (Å²) < 4.78 is 7.29. The summed E-state index contributed by atoms with van der Waals surface area (Å²) in [7, 11) is 4.02. The Hall–Kier alpha value is -2.48. The Labute approximate surface area is 157 Å². The number of hydrogen-bond acceptors (Lipinski definition) is 5. The number of aromatic nitrogens is 1. The molecule has 3 aromatic rings. The lowest BCUT2D eigenvalue weighted by Crippen LogP contribution is -2.35. The van der Waals surface area contributed by atoms with Crippen LogP contribution in [0.3, 0.4) is 0 Å². The molecule has 0 spiro atoms. The largest absolute Gasteiger partial charge is 0.379 e. The average molecular weight is 368 g/mol. The number of pyridine rings is 1. The maximum absolute atomic E-state index is 12.9. The van der Waals surface area contributed by atoms with Gasteiger partial charge in [0.25, 0.3) is 5.91 Å². The molecule has 1 aliphatic rings. The fraction of sp³-hybridized carbons (Fsp3) is 0.400. The molecule has 142 valence electrons. The second kappa shape index (κ2) is 6.92. The van der Waals surface area contributed by atoms with E-state index in [1.165, 1.54) is 0 Å². The van der Waals surface area contributed by atoms with Crippen LogP contribution in [0.2, 0.25) is 0 Å². The molecule has 7 heteroatoms. The molecule has 1 fully saturated rings. The summed E-state index contributed by atoms with van der Waals surface area (Å²) in [5, 5.41) is 1.61. The number of nitrogens with two attached hydrogens (primary N) is 1. The Kier molecular flexibility index (Phi) is 4.59. The zero-order chi connectivity index (χ0) is 19.1. The molecule has 7 nitrogen and oxygen atoms in total. The maximum Gasteiger partial charge on any atom is 0.254 e. The van der Waals surface area contributed by atoms with Crippen molar-refractivity contribution in [3.05, 3.63) is 51.4 Å². The van der Waals surface area contributed by atoms with Gasteiger partial charge in [-0.2, -0.15) is 0 Å². The highest BCUT2D eigenvalue weighted by atomic mass is 16.5. The zero-order valence-electron chi connectivity index (χ0n) is 15.7. The van der Waals surface area contributed by atoms with E-state index in [2.05, 4.69) is 15.9 Å². The van der Waals surface area contributed by atoms with E-state index in [1.807, 2.05) is 30.8 Å². The third-order valence-corrected chi connectivity index (χ3v) is 5.09. The number of primary amides is 1. The number of morpholine rings is 1. The minimum atomic E-state index is -0.694. The van der Waals surface area contributed by atoms with Crippen LogP contribution < -0.4 is 11.2 Å². The van der Waals surface area contributed by atoms with Crippen molar-refractivity contribution in [3.8, 4) is 0 Å². The highest BCUT2D eigenvalue weighted by molar-refractivity contribution is 6.03. The Balaban J connectivity index is 1.91. The number of hydrogen-bond donors (Lipinski definition) is 1. The SMILES string of the molecule is CN(C)Cc1cn2cc(C(N)=O)c(=O)c3cc(CN4CCOCC4)cc1c32. The van der Waals surface area contributed by atoms with Gasteiger partial charge in [-0.1, -0.05) is 0 Å². The fourth-order valence-electron chi connectivity index (χ4n) is 3.89. The predicted molar refractivity (Wildman–Crippen MR) is 104 cm³/mol. The van der Waals surface area contributed by atoms with E-state index >= 15 is 0 Å². The topological polar surface area (TPSA) is 80.3 Å². The summed E-state index contributed by atoms with van der Waals surface area (Å²) >= 11 is 0. The molecular formula is C20H24N4O3. The van der Waals surface area contributed by atoms with Crippen LogP contribution in [-0.2, 0) is 17.8 Å². The van der Waals surface area contributed by atoms with Gasteiger partial charge in [-0.3, -0.25) is 14.5 Å². The van der Waals surface area contributed by atoms with Gasteiger partial charge in [-0.25, -0.2) is 0 Å². The van der Waals surface area contributed by atoms with Crippen molar-refractivity contribution in [2.24, 2.45) is 5.73 Å². The van der Waals surface area contributed by atoms with Crippen molar-refractivity contribution in [1.82, 2.24) is 14.2 Å². The molecule has 0 saturated carbocycles. The van der Waals surface area contributed by atoms with E-state index in [4.69, 9.17) is 10.5 Å². The normalized spacial score (nSPS) is 16.0. The van der Waals surface area contributed by atoms with Crippen molar-refractivity contribution < 1.29 is 9.53 Å². The first-order valence-electron chi connectivity index (χ1n) is 9.11. The van der Waals surface area contributed by atoms with Gasteiger partial charge in [-0.15, -0.1) is 0 Å². The molecule has 1 amide bonds. The van der Waals surface area contributed by atoms with Gasteiger partial charge in [0, 0.05) is 49.3 Å². The molecule has 0 bridgehead atoms. The third-order valence-electron chi connectivity index (χ3n) is 5.09. The Bertz CT molecular complexity index is 1050. The average Bonchev–Trinajstić information content (AvgIpc) is 2.96. The molecule has 1 aliphatic heterocycles. The molecule has 0 aliphatic carbocycles. The van der Waals surface area contributed by atoms with Crippen LogP contribution in [0.5, 0.6) is 0 Å². The Morgan fingerprint density at radius 3 is 2.56 bits per heavy atom. The van der Waals surface area contributed by atoms with Gasteiger partial charge >= 0.3 is 0 Å². The van der Waals surface area contributed by atoms with E-state index in [9.17, 15) is 9.59 Å². The summed E-state index contributed by atoms with van der Waals surface area (Å²) in [6.07, 6.45) is 3.54. The number of amides is 1. The number of carbonyl (C=O) groups is 1. The number of carbonyl (C=O) groups excluding carboxylic acids is 1. The van der Waals surface area contributed by atoms with Crippen LogP contribution in [0.25, 0.3) is 16.3 Å². The van der Waals surface area contributed by atoms with Crippen LogP contribution >= 0.6 is 0 Å². The van der Waals surface area contributed by atoms with Crippen LogP contribution in [0.4, 0.5) is 0 Å². The molecule has 0 unspecified atom stereocenters. The summed E-state index contributed by atoms with van der Waals surface area (Å²) in [6.45, 7) is 4.70. The monoisotopic (exact) mass is 368 g/mol. The molecule has 2 aromatic heterocycles. The molecule has 2 N–H and O–H groups in total. The summed E-state index contributed by atoms with van der Waals surface area (Å²) in [6, 6.07) is 4.08. The molecule has 1 aromatic carbocycles. The number of nitrogens with zero attached hydrogens (tertiary/aromatic N) is 3. The third kappa shape index (κ3) is 3.29. The van der Waals surface area contributed by atoms with Crippen molar-refractivity contribution in [1.29, 1.82) is 0 Å². The Morgan fingerprint density at radius 1 is 1.19 bits per heavy atom. The standard InChI is InChI=1S/C20H24N4O3/c1-22(2)10-14-11-24-12-17(20(21)26)19(25)16-8-13(7-15(14)18(16)24)9-23-3-5-27-6-4-23/h7-8,11-12H,3-6,9-10H2,1-2H3,(H2,21,26). The molecular weight excluding hydrogens is 344 g/mol. The smallest absolute Gasteiger partial charge is 0.254 e. The quantitative estimate of drug-likeness (QED) is 0.723. The second-order valence-corrected chi connectivity index (χ2v) is 7.46. The minimum Gasteiger partial charge on any atom is -0.379 e. The van der Waals surface area contributed by atoms with E-state index < -0.39 is 5.91 Å². The summed E-state index contributed by atoms with van der Waals surface area (Å²) in [5.74, 6) is -0.694. The minimum absolute atomic E-state index is 0.0272. The van der Waals surface area contributed by atoms with Crippen LogP contribution in [0, 0.1) is 0 Å². The first-order chi connectivity index (χ1) is 12.9. The van der Waals surface area contributed by atoms with Gasteiger partial charge in [0.1, 0.15) is 5.56 Å². The number of rotatable bonds is 5. The summed E-state index contributed by atoms with van der Waals surface area (Å²) in [5.41, 5.74) is 8.22. The van der Waals surface area contributed by atoms with Crippen molar-refractivity contribution >= 4 is 22.2 Å². The molecule has 27 heavy (non-hydrogen) atoms. The lowest BCUT2D eigenvalue weighted by Gasteiger charge is -2.26. The van der Waals surface area contributed by atoms with Gasteiger partial charge in [0.05, 0.1) is 18.7 Å². The van der Waals surface area contributed by atoms with E-state index in [-0.39, 0.29) is 11.0 Å². The zero-order valence-corrected chi connectivity index (χ0v) is 15.7. The molecule has 3 heterocycles. The van der Waals surface area contributed by atoms with Crippen LogP contribution in [-0.4, -0.2) is 60.5 Å². The summed E-state index contributed by atoms with van der Waals surface area (Å²) in [4.78, 5) is 29.1. The number of benzene rings is 1. The van der Waals surface area contributed by atoms with Gasteiger partial charge in [0.2, 0.25) is 5.43 Å². The van der Waals surface area contributed by atoms with Gasteiger partial charge < -0.3 is 19.8 Å². The van der Waals surface area contributed by atoms with Gasteiger partial charge in [-0.05, 0) is 37.4 Å². The van der Waals surface area contributed by atoms with Crippen molar-refractivity contribution in [2.75, 3.05) is 40.4 Å². The molecule has 0 atom stereocenters. The van der Waals surface area contributed by atoms with Crippen LogP contribution in [0.15, 0.2) is 29.3 Å². The van der Waals surface area contributed by atoms with Crippen molar-refractivity contribution in [2.45, 2.75) is 13.1 Å². The predicted octanol–water partition coefficient (Wildman–Crippen LogP) is 0.883.